The minimum absolute atomic E-state index is 0.0682. The Kier molecular flexibility index (Phi) is 4.19. The first kappa shape index (κ1) is 12.7. The summed E-state index contributed by atoms with van der Waals surface area (Å²) in [5.74, 6) is 1.18. The Bertz CT molecular complexity index is 446. The van der Waals surface area contributed by atoms with Crippen molar-refractivity contribution in [2.45, 2.75) is 0 Å². The van der Waals surface area contributed by atoms with E-state index in [1.165, 1.54) is 21.3 Å². The highest BCUT2D eigenvalue weighted by Crippen LogP contribution is 2.38. The van der Waals surface area contributed by atoms with Gasteiger partial charge in [-0.1, -0.05) is 0 Å². The van der Waals surface area contributed by atoms with Gasteiger partial charge in [-0.3, -0.25) is 0 Å². The molecule has 0 unspecified atom stereocenters. The van der Waals surface area contributed by atoms with E-state index < -0.39 is 0 Å². The second-order valence-corrected chi connectivity index (χ2v) is 3.01. The third-order valence-corrected chi connectivity index (χ3v) is 2.19. The lowest BCUT2D eigenvalue weighted by Gasteiger charge is -2.14. The predicted octanol–water partition coefficient (Wildman–Crippen LogP) is 1.68. The van der Waals surface area contributed by atoms with E-state index in [4.69, 9.17) is 24.7 Å². The number of hydrogen-bond donors (Lipinski definition) is 0. The van der Waals surface area contributed by atoms with Crippen molar-refractivity contribution in [1.82, 2.24) is 0 Å². The maximum absolute atomic E-state index is 8.89. The van der Waals surface area contributed by atoms with Crippen LogP contribution in [0.2, 0.25) is 0 Å². The van der Waals surface area contributed by atoms with Gasteiger partial charge in [-0.05, 0) is 0 Å². The molecule has 0 saturated carbocycles. The summed E-state index contributed by atoms with van der Waals surface area (Å²) in [6.07, 6.45) is 0. The first-order valence-electron chi connectivity index (χ1n) is 4.69. The fourth-order valence-corrected chi connectivity index (χ4v) is 1.39. The molecule has 0 bridgehead atoms. The van der Waals surface area contributed by atoms with Gasteiger partial charge in [0.05, 0.1) is 39.0 Å². The number of hydrogen-bond acceptors (Lipinski definition) is 5. The molecule has 0 atom stereocenters. The number of ether oxygens (including phenoxy) is 3. The van der Waals surface area contributed by atoms with Gasteiger partial charge < -0.3 is 14.2 Å². The second kappa shape index (κ2) is 5.62. The molecule has 0 spiro atoms. The molecule has 0 aromatic heterocycles. The fourth-order valence-electron chi connectivity index (χ4n) is 1.39. The maximum Gasteiger partial charge on any atom is 0.211 e. The summed E-state index contributed by atoms with van der Waals surface area (Å²) in [7, 11) is 4.40. The Morgan fingerprint density at radius 3 is 1.71 bits per heavy atom. The molecule has 1 aromatic rings. The number of nitriles is 2. The van der Waals surface area contributed by atoms with Gasteiger partial charge in [0.15, 0.2) is 0 Å². The summed E-state index contributed by atoms with van der Waals surface area (Å²) in [5, 5.41) is 17.8. The molecule has 0 aliphatic carbocycles. The number of benzene rings is 1. The van der Waals surface area contributed by atoms with Gasteiger partial charge in [-0.2, -0.15) is 10.5 Å². The normalized spacial score (nSPS) is 9.29. The van der Waals surface area contributed by atoms with Crippen LogP contribution >= 0.6 is 0 Å². The largest absolute Gasteiger partial charge is 0.496 e. The molecule has 0 N–H and O–H groups in total. The van der Waals surface area contributed by atoms with Crippen molar-refractivity contribution in [1.29, 1.82) is 10.5 Å². The van der Waals surface area contributed by atoms with Gasteiger partial charge in [-0.15, -0.1) is 0 Å². The van der Waals surface area contributed by atoms with Gasteiger partial charge in [0.25, 0.3) is 0 Å². The zero-order valence-corrected chi connectivity index (χ0v) is 9.77. The highest BCUT2D eigenvalue weighted by atomic mass is 16.5. The molecule has 1 radical (unpaired) electrons. The lowest BCUT2D eigenvalue weighted by molar-refractivity contribution is 0.372. The number of nitrogens with zero attached hydrogens (tertiary/aromatic N) is 2. The molecule has 0 heterocycles. The van der Waals surface area contributed by atoms with Crippen LogP contribution in [0.5, 0.6) is 17.2 Å². The minimum atomic E-state index is -0.0682. The van der Waals surface area contributed by atoms with E-state index in [9.17, 15) is 0 Å². The molecule has 0 aliphatic heterocycles. The third kappa shape index (κ3) is 2.40. The van der Waals surface area contributed by atoms with Crippen LogP contribution in [0, 0.1) is 28.6 Å². The topological polar surface area (TPSA) is 75.3 Å². The molecule has 0 fully saturated rings. The van der Waals surface area contributed by atoms with Crippen LogP contribution in [0.1, 0.15) is 5.56 Å². The Balaban J connectivity index is 3.46. The maximum atomic E-state index is 8.89. The van der Waals surface area contributed by atoms with Gasteiger partial charge in [0.2, 0.25) is 5.92 Å². The summed E-state index contributed by atoms with van der Waals surface area (Å²) >= 11 is 0. The monoisotopic (exact) mass is 231 g/mol. The van der Waals surface area contributed by atoms with Crippen LogP contribution < -0.4 is 14.2 Å². The molecule has 0 aliphatic rings. The van der Waals surface area contributed by atoms with E-state index in [1.807, 2.05) is 12.1 Å². The first-order valence-corrected chi connectivity index (χ1v) is 4.69. The molecular weight excluding hydrogens is 220 g/mol. The average Bonchev–Trinajstić information content (AvgIpc) is 2.39. The van der Waals surface area contributed by atoms with E-state index in [0.717, 1.165) is 0 Å². The van der Waals surface area contributed by atoms with Gasteiger partial charge in [0, 0.05) is 12.1 Å². The smallest absolute Gasteiger partial charge is 0.211 e. The average molecular weight is 231 g/mol. The molecule has 1 rings (SSSR count). The highest BCUT2D eigenvalue weighted by molar-refractivity contribution is 5.63. The Hall–Kier alpha value is -2.40. The van der Waals surface area contributed by atoms with E-state index in [2.05, 4.69) is 0 Å². The van der Waals surface area contributed by atoms with Crippen molar-refractivity contribution in [3.8, 4) is 29.4 Å². The SMILES string of the molecule is COc1cc(OC)c([C](C#N)C#N)c(OC)c1. The quantitative estimate of drug-likeness (QED) is 0.788. The van der Waals surface area contributed by atoms with Crippen molar-refractivity contribution in [3.63, 3.8) is 0 Å². The van der Waals surface area contributed by atoms with Crippen LogP contribution in [0.15, 0.2) is 12.1 Å². The molecule has 0 amide bonds. The summed E-state index contributed by atoms with van der Waals surface area (Å²) < 4.78 is 15.3. The lowest BCUT2D eigenvalue weighted by atomic mass is 9.99. The summed E-state index contributed by atoms with van der Waals surface area (Å²) in [6, 6.07) is 6.80. The standard InChI is InChI=1S/C12H11N2O3/c1-15-9-4-10(16-2)12(8(6-13)7-14)11(5-9)17-3/h4-5H,1-3H3. The first-order chi connectivity index (χ1) is 8.21. The second-order valence-electron chi connectivity index (χ2n) is 3.01. The summed E-state index contributed by atoms with van der Waals surface area (Å²) in [4.78, 5) is 0. The van der Waals surface area contributed by atoms with E-state index in [0.29, 0.717) is 22.8 Å². The zero-order chi connectivity index (χ0) is 12.8. The summed E-state index contributed by atoms with van der Waals surface area (Å²) in [5.41, 5.74) is 0.334. The third-order valence-electron chi connectivity index (χ3n) is 2.19. The van der Waals surface area contributed by atoms with Crippen molar-refractivity contribution in [2.75, 3.05) is 21.3 Å². The zero-order valence-electron chi connectivity index (χ0n) is 9.77. The van der Waals surface area contributed by atoms with Crippen LogP contribution in [0.3, 0.4) is 0 Å². The Morgan fingerprint density at radius 1 is 0.941 bits per heavy atom. The fraction of sp³-hybridized carbons (Fsp3) is 0.250. The van der Waals surface area contributed by atoms with E-state index in [-0.39, 0.29) is 5.92 Å². The molecule has 17 heavy (non-hydrogen) atoms. The Labute approximate surface area is 99.7 Å². The van der Waals surface area contributed by atoms with Gasteiger partial charge >= 0.3 is 0 Å². The van der Waals surface area contributed by atoms with Crippen molar-refractivity contribution >= 4 is 0 Å². The van der Waals surface area contributed by atoms with E-state index in [1.54, 1.807) is 12.1 Å². The van der Waals surface area contributed by atoms with Crippen molar-refractivity contribution in [3.05, 3.63) is 23.6 Å². The highest BCUT2D eigenvalue weighted by Gasteiger charge is 2.23. The molecule has 5 heteroatoms. The lowest BCUT2D eigenvalue weighted by Crippen LogP contribution is -2.02. The number of methoxy groups -OCH3 is 3. The molecule has 0 saturated heterocycles. The van der Waals surface area contributed by atoms with Crippen LogP contribution in [0.25, 0.3) is 0 Å². The Morgan fingerprint density at radius 2 is 1.41 bits per heavy atom. The van der Waals surface area contributed by atoms with Gasteiger partial charge in [-0.25, -0.2) is 0 Å². The number of rotatable bonds is 4. The minimum Gasteiger partial charge on any atom is -0.496 e. The summed E-state index contributed by atoms with van der Waals surface area (Å²) in [6.45, 7) is 0. The van der Waals surface area contributed by atoms with Crippen LogP contribution in [0.4, 0.5) is 0 Å². The predicted molar refractivity (Wildman–Crippen MR) is 59.7 cm³/mol. The molecular formula is C12H11N2O3. The molecule has 5 nitrogen and oxygen atoms in total. The molecule has 87 valence electrons. The van der Waals surface area contributed by atoms with Gasteiger partial charge in [0.1, 0.15) is 17.2 Å². The van der Waals surface area contributed by atoms with Crippen LogP contribution in [-0.4, -0.2) is 21.3 Å². The van der Waals surface area contributed by atoms with E-state index >= 15 is 0 Å². The van der Waals surface area contributed by atoms with Crippen LogP contribution in [-0.2, 0) is 0 Å². The van der Waals surface area contributed by atoms with Crippen molar-refractivity contribution in [2.24, 2.45) is 0 Å². The molecule has 1 aromatic carbocycles. The van der Waals surface area contributed by atoms with Crippen molar-refractivity contribution < 1.29 is 14.2 Å².